The highest BCUT2D eigenvalue weighted by Gasteiger charge is 2.31. The Bertz CT molecular complexity index is 1760. The van der Waals surface area contributed by atoms with E-state index in [1.54, 1.807) is 25.1 Å². The van der Waals surface area contributed by atoms with Gasteiger partial charge in [-0.3, -0.25) is 14.9 Å². The summed E-state index contributed by atoms with van der Waals surface area (Å²) in [5.74, 6) is -0.792. The molecule has 2 aromatic carbocycles. The molecule has 0 fully saturated rings. The van der Waals surface area contributed by atoms with Gasteiger partial charge in [0.15, 0.2) is 11.4 Å². The molecule has 1 aliphatic heterocycles. The molecule has 3 heterocycles. The van der Waals surface area contributed by atoms with Crippen LogP contribution in [0, 0.1) is 17.1 Å². The van der Waals surface area contributed by atoms with Crippen molar-refractivity contribution < 1.29 is 18.4 Å². The number of anilines is 2. The third-order valence-corrected chi connectivity index (χ3v) is 6.22. The first kappa shape index (κ1) is 25.6. The standard InChI is InChI=1S/C27H19ClFN7O3/c1-13-23(25(38)34-22-10-16(14(2)37)7-8-31-22)24(18-5-3-15(12-30)9-19(18)28)35-26(32-13)36-27-33-20-6-4-17(29)11-21(20)39-27/h3-11,24H,1-2H3,(H,31,34,38)(H2,32,33,35,36). The Kier molecular flexibility index (Phi) is 6.79. The highest BCUT2D eigenvalue weighted by Crippen LogP contribution is 2.36. The number of oxazole rings is 1. The zero-order chi connectivity index (χ0) is 27.7. The predicted molar refractivity (Wildman–Crippen MR) is 143 cm³/mol. The Morgan fingerprint density at radius 1 is 1.18 bits per heavy atom. The lowest BCUT2D eigenvalue weighted by Gasteiger charge is -2.27. The molecule has 5 rings (SSSR count). The second-order valence-electron chi connectivity index (χ2n) is 8.59. The van der Waals surface area contributed by atoms with Crippen LogP contribution in [0.3, 0.4) is 0 Å². The van der Waals surface area contributed by atoms with E-state index in [9.17, 15) is 19.2 Å². The Morgan fingerprint density at radius 3 is 2.74 bits per heavy atom. The van der Waals surface area contributed by atoms with Crippen molar-refractivity contribution in [2.45, 2.75) is 19.9 Å². The molecule has 1 atom stereocenters. The molecule has 1 aliphatic rings. The van der Waals surface area contributed by atoms with Crippen molar-refractivity contribution in [3.05, 3.63) is 93.5 Å². The number of carbonyl (C=O) groups excluding carboxylic acids is 2. The summed E-state index contributed by atoms with van der Waals surface area (Å²) in [6.07, 6.45) is 1.42. The van der Waals surface area contributed by atoms with Gasteiger partial charge in [0.2, 0.25) is 5.96 Å². The van der Waals surface area contributed by atoms with Gasteiger partial charge < -0.3 is 15.1 Å². The number of fused-ring (bicyclic) bond motifs is 1. The molecule has 0 aliphatic carbocycles. The van der Waals surface area contributed by atoms with Crippen LogP contribution in [0.15, 0.2) is 75.4 Å². The lowest BCUT2D eigenvalue weighted by Crippen LogP contribution is -2.37. The molecule has 1 amide bonds. The first-order chi connectivity index (χ1) is 18.7. The number of nitrogens with one attached hydrogen (secondary N) is 3. The lowest BCUT2D eigenvalue weighted by molar-refractivity contribution is -0.113. The Hall–Kier alpha value is -5.08. The van der Waals surface area contributed by atoms with E-state index in [0.717, 1.165) is 0 Å². The number of guanidine groups is 1. The van der Waals surface area contributed by atoms with Crippen molar-refractivity contribution in [2.75, 3.05) is 10.6 Å². The van der Waals surface area contributed by atoms with Crippen LogP contribution in [0.2, 0.25) is 5.02 Å². The summed E-state index contributed by atoms with van der Waals surface area (Å²) in [7, 11) is 0. The third-order valence-electron chi connectivity index (χ3n) is 5.89. The average Bonchev–Trinajstić information content (AvgIpc) is 3.29. The normalized spacial score (nSPS) is 14.8. The first-order valence-electron chi connectivity index (χ1n) is 11.6. The number of hydrogen-bond acceptors (Lipinski definition) is 9. The Balaban J connectivity index is 1.51. The number of pyridine rings is 1. The number of nitrogens with zero attached hydrogens (tertiary/aromatic N) is 4. The molecule has 0 saturated carbocycles. The summed E-state index contributed by atoms with van der Waals surface area (Å²) in [6, 6.07) is 12.8. The number of amides is 1. The van der Waals surface area contributed by atoms with Gasteiger partial charge in [-0.1, -0.05) is 17.7 Å². The first-order valence-corrected chi connectivity index (χ1v) is 12.0. The van der Waals surface area contributed by atoms with E-state index in [1.165, 1.54) is 43.5 Å². The van der Waals surface area contributed by atoms with Gasteiger partial charge in [0.25, 0.3) is 5.91 Å². The van der Waals surface area contributed by atoms with Gasteiger partial charge in [-0.15, -0.1) is 0 Å². The SMILES string of the molecule is CC(=O)c1ccnc(NC(=O)C2=C(C)NC(Nc3nc4ccc(F)cc4o3)=NC2c2ccc(C#N)cc2Cl)c1. The number of aromatic nitrogens is 2. The summed E-state index contributed by atoms with van der Waals surface area (Å²) in [5.41, 5.74) is 2.54. The van der Waals surface area contributed by atoms with Gasteiger partial charge in [-0.2, -0.15) is 10.2 Å². The van der Waals surface area contributed by atoms with E-state index in [2.05, 4.69) is 30.9 Å². The lowest BCUT2D eigenvalue weighted by atomic mass is 9.94. The van der Waals surface area contributed by atoms with Gasteiger partial charge in [0.1, 0.15) is 23.2 Å². The molecule has 0 saturated heterocycles. The van der Waals surface area contributed by atoms with Crippen molar-refractivity contribution in [2.24, 2.45) is 4.99 Å². The van der Waals surface area contributed by atoms with E-state index in [-0.39, 0.29) is 39.8 Å². The zero-order valence-electron chi connectivity index (χ0n) is 20.5. The van der Waals surface area contributed by atoms with Crippen molar-refractivity contribution in [1.82, 2.24) is 15.3 Å². The molecule has 39 heavy (non-hydrogen) atoms. The molecule has 4 aromatic rings. The topological polar surface area (TPSA) is 145 Å². The second-order valence-corrected chi connectivity index (χ2v) is 9.00. The smallest absolute Gasteiger partial charge is 0.302 e. The van der Waals surface area contributed by atoms with Gasteiger partial charge in [-0.25, -0.2) is 14.4 Å². The maximum atomic E-state index is 13.6. The molecule has 1 unspecified atom stereocenters. The predicted octanol–water partition coefficient (Wildman–Crippen LogP) is 5.11. The summed E-state index contributed by atoms with van der Waals surface area (Å²) in [5, 5.41) is 18.1. The van der Waals surface area contributed by atoms with Crippen LogP contribution in [0.5, 0.6) is 0 Å². The number of hydrogen-bond donors (Lipinski definition) is 3. The fraction of sp³-hybridized carbons (Fsp3) is 0.111. The molecule has 10 nitrogen and oxygen atoms in total. The number of carbonyl (C=O) groups is 2. The minimum absolute atomic E-state index is 0.0532. The quantitative estimate of drug-likeness (QED) is 0.294. The Morgan fingerprint density at radius 2 is 2.00 bits per heavy atom. The van der Waals surface area contributed by atoms with E-state index in [4.69, 9.17) is 16.0 Å². The van der Waals surface area contributed by atoms with E-state index < -0.39 is 17.8 Å². The average molecular weight is 544 g/mol. The van der Waals surface area contributed by atoms with Crippen LogP contribution in [-0.4, -0.2) is 27.6 Å². The van der Waals surface area contributed by atoms with E-state index >= 15 is 0 Å². The van der Waals surface area contributed by atoms with Crippen molar-refractivity contribution in [3.63, 3.8) is 0 Å². The van der Waals surface area contributed by atoms with Gasteiger partial charge in [0.05, 0.1) is 17.2 Å². The van der Waals surface area contributed by atoms with Crippen molar-refractivity contribution in [3.8, 4) is 6.07 Å². The number of nitriles is 1. The van der Waals surface area contributed by atoms with Crippen molar-refractivity contribution >= 4 is 52.2 Å². The van der Waals surface area contributed by atoms with Crippen LogP contribution in [-0.2, 0) is 4.79 Å². The Labute approximate surface area is 226 Å². The van der Waals surface area contributed by atoms with Gasteiger partial charge >= 0.3 is 6.01 Å². The number of allylic oxidation sites excluding steroid dienone is 1. The monoisotopic (exact) mass is 543 g/mol. The summed E-state index contributed by atoms with van der Waals surface area (Å²) in [6.45, 7) is 3.09. The minimum Gasteiger partial charge on any atom is -0.423 e. The number of benzene rings is 2. The largest absolute Gasteiger partial charge is 0.423 e. The molecule has 194 valence electrons. The zero-order valence-corrected chi connectivity index (χ0v) is 21.3. The number of Topliss-reactive ketones (excluding diaryl/α,β-unsaturated/α-hetero) is 1. The third kappa shape index (κ3) is 5.32. The minimum atomic E-state index is -0.910. The maximum absolute atomic E-state index is 13.6. The second kappa shape index (κ2) is 10.4. The fourth-order valence-corrected chi connectivity index (χ4v) is 4.32. The van der Waals surface area contributed by atoms with Crippen LogP contribution >= 0.6 is 11.6 Å². The number of halogens is 2. The number of aliphatic imine (C=N–C) groups is 1. The van der Waals surface area contributed by atoms with Gasteiger partial charge in [0, 0.05) is 34.1 Å². The number of ketones is 1. The highest BCUT2D eigenvalue weighted by atomic mass is 35.5. The van der Waals surface area contributed by atoms with E-state index in [1.807, 2.05) is 6.07 Å². The van der Waals surface area contributed by atoms with E-state index in [0.29, 0.717) is 27.9 Å². The highest BCUT2D eigenvalue weighted by molar-refractivity contribution is 6.31. The molecule has 12 heteroatoms. The summed E-state index contributed by atoms with van der Waals surface area (Å²) in [4.78, 5) is 38.3. The molecule has 0 radical (unpaired) electrons. The summed E-state index contributed by atoms with van der Waals surface area (Å²) >= 11 is 6.52. The maximum Gasteiger partial charge on any atom is 0.302 e. The molecule has 0 spiro atoms. The number of rotatable bonds is 5. The molecule has 2 aromatic heterocycles. The van der Waals surface area contributed by atoms with Crippen molar-refractivity contribution in [1.29, 1.82) is 5.26 Å². The fourth-order valence-electron chi connectivity index (χ4n) is 4.03. The van der Waals surface area contributed by atoms with Crippen LogP contribution in [0.4, 0.5) is 16.2 Å². The summed E-state index contributed by atoms with van der Waals surface area (Å²) < 4.78 is 19.2. The van der Waals surface area contributed by atoms with Crippen LogP contribution < -0.4 is 16.0 Å². The molecule has 3 N–H and O–H groups in total. The van der Waals surface area contributed by atoms with Gasteiger partial charge in [-0.05, 0) is 50.2 Å². The van der Waals surface area contributed by atoms with Crippen LogP contribution in [0.1, 0.15) is 41.4 Å². The molecular weight excluding hydrogens is 525 g/mol. The van der Waals surface area contributed by atoms with Crippen LogP contribution in [0.25, 0.3) is 11.1 Å². The molecule has 0 bridgehead atoms. The molecular formula is C27H19ClFN7O3.